The topological polar surface area (TPSA) is 79.8 Å². The minimum Gasteiger partial charge on any atom is -0.352 e. The van der Waals surface area contributed by atoms with Crippen molar-refractivity contribution in [2.45, 2.75) is 26.4 Å². The number of amides is 1. The highest BCUT2D eigenvalue weighted by Gasteiger charge is 2.09. The van der Waals surface area contributed by atoms with E-state index in [-0.39, 0.29) is 11.9 Å². The van der Waals surface area contributed by atoms with Gasteiger partial charge in [0.15, 0.2) is 0 Å². The molecule has 0 fully saturated rings. The van der Waals surface area contributed by atoms with Crippen LogP contribution in [0.5, 0.6) is 0 Å². The van der Waals surface area contributed by atoms with E-state index < -0.39 is 0 Å². The van der Waals surface area contributed by atoms with E-state index in [9.17, 15) is 4.79 Å². The Hall–Kier alpha value is -2.50. The number of aromatic nitrogens is 3. The smallest absolute Gasteiger partial charge is 0.270 e. The largest absolute Gasteiger partial charge is 0.352 e. The zero-order valence-electron chi connectivity index (χ0n) is 11.5. The van der Waals surface area contributed by atoms with Gasteiger partial charge in [-0.15, -0.1) is 0 Å². The van der Waals surface area contributed by atoms with Crippen molar-refractivity contribution in [1.29, 1.82) is 0 Å². The van der Waals surface area contributed by atoms with Crippen LogP contribution in [-0.2, 0) is 6.54 Å². The number of carbonyl (C=O) groups is 1. The van der Waals surface area contributed by atoms with Crippen LogP contribution >= 0.6 is 0 Å². The normalized spacial score (nSPS) is 10.3. The lowest BCUT2D eigenvalue weighted by molar-refractivity contribution is 0.0945. The molecular formula is C14H17N5O. The Labute approximate surface area is 117 Å². The number of hydrogen-bond acceptors (Lipinski definition) is 5. The molecule has 6 heteroatoms. The monoisotopic (exact) mass is 271 g/mol. The molecule has 1 amide bonds. The molecule has 2 aromatic rings. The fraction of sp³-hybridized carbons (Fsp3) is 0.286. The fourth-order valence-corrected chi connectivity index (χ4v) is 1.58. The minimum absolute atomic E-state index is 0.210. The van der Waals surface area contributed by atoms with Gasteiger partial charge in [-0.3, -0.25) is 9.78 Å². The van der Waals surface area contributed by atoms with Crippen molar-refractivity contribution < 1.29 is 4.79 Å². The molecule has 2 aromatic heterocycles. The second-order valence-electron chi connectivity index (χ2n) is 4.57. The van der Waals surface area contributed by atoms with Crippen molar-refractivity contribution in [1.82, 2.24) is 20.3 Å². The van der Waals surface area contributed by atoms with Crippen LogP contribution in [0.15, 0.2) is 36.7 Å². The van der Waals surface area contributed by atoms with E-state index in [0.717, 1.165) is 5.69 Å². The highest BCUT2D eigenvalue weighted by molar-refractivity contribution is 5.92. The summed E-state index contributed by atoms with van der Waals surface area (Å²) in [6, 6.07) is 7.36. The van der Waals surface area contributed by atoms with E-state index in [2.05, 4.69) is 25.6 Å². The summed E-state index contributed by atoms with van der Waals surface area (Å²) in [5.41, 5.74) is 1.13. The molecule has 0 unspecified atom stereocenters. The molecule has 0 saturated carbocycles. The lowest BCUT2D eigenvalue weighted by Gasteiger charge is -2.09. The van der Waals surface area contributed by atoms with Gasteiger partial charge in [0.2, 0.25) is 5.95 Å². The van der Waals surface area contributed by atoms with Crippen LogP contribution in [0.1, 0.15) is 30.0 Å². The van der Waals surface area contributed by atoms with Crippen LogP contribution in [0.3, 0.4) is 0 Å². The van der Waals surface area contributed by atoms with E-state index >= 15 is 0 Å². The number of carbonyl (C=O) groups excluding carboxylic acids is 1. The van der Waals surface area contributed by atoms with E-state index in [1.165, 1.54) is 0 Å². The van der Waals surface area contributed by atoms with Crippen molar-refractivity contribution in [3.63, 3.8) is 0 Å². The van der Waals surface area contributed by atoms with Gasteiger partial charge < -0.3 is 10.6 Å². The summed E-state index contributed by atoms with van der Waals surface area (Å²) in [7, 11) is 0. The number of nitrogens with zero attached hydrogens (tertiary/aromatic N) is 3. The Bertz CT molecular complexity index is 571. The molecule has 0 aliphatic rings. The minimum atomic E-state index is -0.246. The van der Waals surface area contributed by atoms with Gasteiger partial charge in [-0.2, -0.15) is 0 Å². The molecule has 0 bridgehead atoms. The highest BCUT2D eigenvalue weighted by Crippen LogP contribution is 2.02. The van der Waals surface area contributed by atoms with E-state index in [1.807, 2.05) is 32.0 Å². The van der Waals surface area contributed by atoms with Gasteiger partial charge in [-0.05, 0) is 32.0 Å². The van der Waals surface area contributed by atoms with Crippen molar-refractivity contribution in [3.8, 4) is 0 Å². The number of pyridine rings is 1. The van der Waals surface area contributed by atoms with Crippen molar-refractivity contribution in [2.75, 3.05) is 5.32 Å². The van der Waals surface area contributed by atoms with Crippen LogP contribution < -0.4 is 10.6 Å². The van der Waals surface area contributed by atoms with Gasteiger partial charge >= 0.3 is 0 Å². The van der Waals surface area contributed by atoms with Gasteiger partial charge in [0.1, 0.15) is 5.69 Å². The van der Waals surface area contributed by atoms with E-state index in [0.29, 0.717) is 18.2 Å². The Kier molecular flexibility index (Phi) is 4.60. The van der Waals surface area contributed by atoms with Crippen LogP contribution in [0.4, 0.5) is 5.95 Å². The predicted molar refractivity (Wildman–Crippen MR) is 76.2 cm³/mol. The van der Waals surface area contributed by atoms with Crippen LogP contribution in [0, 0.1) is 0 Å². The standard InChI is InChI=1S/C14H17N5O/c1-10(2)18-14-16-8-6-12(19-14)13(20)17-9-11-5-3-4-7-15-11/h3-8,10H,9H2,1-2H3,(H,17,20)(H,16,18,19). The molecule has 0 radical (unpaired) electrons. The number of hydrogen-bond donors (Lipinski definition) is 2. The van der Waals surface area contributed by atoms with Crippen molar-refractivity contribution >= 4 is 11.9 Å². The summed E-state index contributed by atoms with van der Waals surface area (Å²) in [5.74, 6) is 0.204. The Morgan fingerprint density at radius 3 is 2.75 bits per heavy atom. The maximum atomic E-state index is 12.0. The molecule has 2 heterocycles. The first-order valence-electron chi connectivity index (χ1n) is 6.43. The third-order valence-corrected chi connectivity index (χ3v) is 2.46. The van der Waals surface area contributed by atoms with Gasteiger partial charge in [-0.25, -0.2) is 9.97 Å². The molecule has 0 atom stereocenters. The molecule has 104 valence electrons. The molecular weight excluding hydrogens is 254 g/mol. The zero-order chi connectivity index (χ0) is 14.4. The quantitative estimate of drug-likeness (QED) is 0.864. The average molecular weight is 271 g/mol. The molecule has 0 saturated heterocycles. The Morgan fingerprint density at radius 1 is 1.20 bits per heavy atom. The fourth-order valence-electron chi connectivity index (χ4n) is 1.58. The van der Waals surface area contributed by atoms with Crippen LogP contribution in [-0.4, -0.2) is 26.9 Å². The first-order valence-corrected chi connectivity index (χ1v) is 6.43. The van der Waals surface area contributed by atoms with Crippen molar-refractivity contribution in [2.24, 2.45) is 0 Å². The van der Waals surface area contributed by atoms with Gasteiger partial charge in [-0.1, -0.05) is 6.07 Å². The summed E-state index contributed by atoms with van der Waals surface area (Å²) >= 11 is 0. The number of nitrogens with one attached hydrogen (secondary N) is 2. The maximum Gasteiger partial charge on any atom is 0.270 e. The SMILES string of the molecule is CC(C)Nc1nccc(C(=O)NCc2ccccn2)n1. The van der Waals surface area contributed by atoms with Crippen LogP contribution in [0.2, 0.25) is 0 Å². The Morgan fingerprint density at radius 2 is 2.05 bits per heavy atom. The molecule has 2 N–H and O–H groups in total. The highest BCUT2D eigenvalue weighted by atomic mass is 16.1. The summed E-state index contributed by atoms with van der Waals surface area (Å²) in [4.78, 5) is 24.4. The summed E-state index contributed by atoms with van der Waals surface area (Å²) in [6.45, 7) is 4.34. The summed E-state index contributed by atoms with van der Waals surface area (Å²) < 4.78 is 0. The third kappa shape index (κ3) is 4.01. The average Bonchev–Trinajstić information content (AvgIpc) is 2.45. The molecule has 0 spiro atoms. The van der Waals surface area contributed by atoms with Gasteiger partial charge in [0.25, 0.3) is 5.91 Å². The number of anilines is 1. The lowest BCUT2D eigenvalue weighted by atomic mass is 10.3. The molecule has 0 aromatic carbocycles. The zero-order valence-corrected chi connectivity index (χ0v) is 11.5. The number of rotatable bonds is 5. The first-order chi connectivity index (χ1) is 9.65. The lowest BCUT2D eigenvalue weighted by Crippen LogP contribution is -2.25. The van der Waals surface area contributed by atoms with Gasteiger partial charge in [0, 0.05) is 18.4 Å². The second kappa shape index (κ2) is 6.60. The van der Waals surface area contributed by atoms with Crippen molar-refractivity contribution in [3.05, 3.63) is 48.0 Å². The molecule has 6 nitrogen and oxygen atoms in total. The molecule has 0 aliphatic heterocycles. The van der Waals surface area contributed by atoms with E-state index in [1.54, 1.807) is 18.5 Å². The summed E-state index contributed by atoms with van der Waals surface area (Å²) in [5, 5.41) is 5.84. The second-order valence-corrected chi connectivity index (χ2v) is 4.57. The maximum absolute atomic E-state index is 12.0. The van der Waals surface area contributed by atoms with Gasteiger partial charge in [0.05, 0.1) is 12.2 Å². The van der Waals surface area contributed by atoms with Crippen LogP contribution in [0.25, 0.3) is 0 Å². The molecule has 0 aliphatic carbocycles. The predicted octanol–water partition coefficient (Wildman–Crippen LogP) is 1.62. The summed E-state index contributed by atoms with van der Waals surface area (Å²) in [6.07, 6.45) is 3.25. The molecule has 20 heavy (non-hydrogen) atoms. The first kappa shape index (κ1) is 13.9. The Balaban J connectivity index is 1.98. The molecule has 2 rings (SSSR count). The van der Waals surface area contributed by atoms with E-state index in [4.69, 9.17) is 0 Å². The third-order valence-electron chi connectivity index (χ3n) is 2.46.